The predicted molar refractivity (Wildman–Crippen MR) is 91.8 cm³/mol. The van der Waals surface area contributed by atoms with E-state index in [1.54, 1.807) is 29.2 Å². The summed E-state index contributed by atoms with van der Waals surface area (Å²) >= 11 is 0. The number of pyridine rings is 1. The molecule has 2 N–H and O–H groups in total. The molecule has 0 aliphatic rings. The summed E-state index contributed by atoms with van der Waals surface area (Å²) in [5.74, 6) is 1.01. The van der Waals surface area contributed by atoms with Crippen LogP contribution in [0.3, 0.4) is 0 Å². The number of nitrogens with two attached hydrogens (primary N) is 1. The fourth-order valence-corrected chi connectivity index (χ4v) is 2.60. The van der Waals surface area contributed by atoms with Crippen molar-refractivity contribution in [3.05, 3.63) is 53.9 Å². The minimum Gasteiger partial charge on any atom is -0.382 e. The van der Waals surface area contributed by atoms with Crippen LogP contribution in [0, 0.1) is 13.8 Å². The van der Waals surface area contributed by atoms with Crippen molar-refractivity contribution in [2.24, 2.45) is 0 Å². The Morgan fingerprint density at radius 1 is 1.08 bits per heavy atom. The summed E-state index contributed by atoms with van der Waals surface area (Å²) in [6.07, 6.45) is 3.33. The number of hydrogen-bond acceptors (Lipinski definition) is 7. The van der Waals surface area contributed by atoms with Crippen molar-refractivity contribution in [2.45, 2.75) is 13.8 Å². The molecule has 4 rings (SSSR count). The highest BCUT2D eigenvalue weighted by atomic mass is 16.5. The molecule has 1 aromatic carbocycles. The Labute approximate surface area is 143 Å². The van der Waals surface area contributed by atoms with Crippen molar-refractivity contribution in [3.8, 4) is 28.7 Å². The minimum absolute atomic E-state index is 0.223. The van der Waals surface area contributed by atoms with Crippen molar-refractivity contribution in [1.29, 1.82) is 0 Å². The molecule has 0 bridgehead atoms. The lowest BCUT2D eigenvalue weighted by atomic mass is 10.1. The second-order valence-corrected chi connectivity index (χ2v) is 5.68. The van der Waals surface area contributed by atoms with Gasteiger partial charge in [0.1, 0.15) is 0 Å². The SMILES string of the molecule is Cc1ccc(-n2nnc(-c3nc(-c4ccncc4)no3)c2N)c(C)c1. The molecular formula is C17H15N7O. The normalized spacial score (nSPS) is 11.0. The summed E-state index contributed by atoms with van der Waals surface area (Å²) < 4.78 is 6.88. The molecule has 0 aliphatic heterocycles. The molecule has 0 atom stereocenters. The van der Waals surface area contributed by atoms with E-state index in [4.69, 9.17) is 10.3 Å². The zero-order valence-electron chi connectivity index (χ0n) is 13.7. The van der Waals surface area contributed by atoms with Crippen molar-refractivity contribution < 1.29 is 4.52 Å². The molecule has 0 fully saturated rings. The summed E-state index contributed by atoms with van der Waals surface area (Å²) in [6, 6.07) is 9.60. The number of hydrogen-bond donors (Lipinski definition) is 1. The largest absolute Gasteiger partial charge is 0.382 e. The minimum atomic E-state index is 0.223. The van der Waals surface area contributed by atoms with Crippen molar-refractivity contribution in [3.63, 3.8) is 0 Å². The van der Waals surface area contributed by atoms with E-state index in [-0.39, 0.29) is 5.89 Å². The molecule has 0 spiro atoms. The van der Waals surface area contributed by atoms with Crippen LogP contribution >= 0.6 is 0 Å². The molecule has 0 saturated carbocycles. The maximum atomic E-state index is 6.22. The molecule has 4 aromatic rings. The molecule has 0 unspecified atom stereocenters. The fraction of sp³-hybridized carbons (Fsp3) is 0.118. The summed E-state index contributed by atoms with van der Waals surface area (Å²) in [5, 5.41) is 12.2. The molecule has 0 amide bonds. The first-order chi connectivity index (χ1) is 12.1. The van der Waals surface area contributed by atoms with Gasteiger partial charge in [-0.3, -0.25) is 4.98 Å². The average molecular weight is 333 g/mol. The van der Waals surface area contributed by atoms with E-state index >= 15 is 0 Å². The van der Waals surface area contributed by atoms with E-state index in [1.165, 1.54) is 5.56 Å². The van der Waals surface area contributed by atoms with Crippen molar-refractivity contribution in [2.75, 3.05) is 5.73 Å². The Morgan fingerprint density at radius 2 is 1.88 bits per heavy atom. The molecule has 0 aliphatic carbocycles. The summed E-state index contributed by atoms with van der Waals surface area (Å²) in [7, 11) is 0. The first-order valence-corrected chi connectivity index (χ1v) is 7.67. The van der Waals surface area contributed by atoms with Crippen LogP contribution in [-0.2, 0) is 0 Å². The molecule has 8 heteroatoms. The Bertz CT molecular complexity index is 1040. The maximum Gasteiger partial charge on any atom is 0.282 e. The number of benzene rings is 1. The van der Waals surface area contributed by atoms with Crippen LogP contribution in [0.25, 0.3) is 28.7 Å². The maximum absolute atomic E-state index is 6.22. The van der Waals surface area contributed by atoms with Crippen LogP contribution in [0.2, 0.25) is 0 Å². The number of aryl methyl sites for hydroxylation is 2. The quantitative estimate of drug-likeness (QED) is 0.613. The van der Waals surface area contributed by atoms with Crippen LogP contribution in [-0.4, -0.2) is 30.1 Å². The zero-order chi connectivity index (χ0) is 17.4. The highest BCUT2D eigenvalue weighted by Gasteiger charge is 2.20. The first kappa shape index (κ1) is 15.0. The summed E-state index contributed by atoms with van der Waals surface area (Å²) in [6.45, 7) is 4.03. The highest BCUT2D eigenvalue weighted by Crippen LogP contribution is 2.27. The van der Waals surface area contributed by atoms with Crippen molar-refractivity contribution >= 4 is 5.82 Å². The topological polar surface area (TPSA) is 109 Å². The van der Waals surface area contributed by atoms with Gasteiger partial charge < -0.3 is 10.3 Å². The molecule has 124 valence electrons. The van der Waals surface area contributed by atoms with Gasteiger partial charge in [0.15, 0.2) is 11.5 Å². The van der Waals surface area contributed by atoms with Gasteiger partial charge in [-0.2, -0.15) is 9.67 Å². The van der Waals surface area contributed by atoms with Crippen LogP contribution in [0.15, 0.2) is 47.2 Å². The Kier molecular flexibility index (Phi) is 3.50. The van der Waals surface area contributed by atoms with Crippen molar-refractivity contribution in [1.82, 2.24) is 30.1 Å². The third-order valence-corrected chi connectivity index (χ3v) is 3.85. The van der Waals surface area contributed by atoms with Gasteiger partial charge in [0.2, 0.25) is 5.82 Å². The van der Waals surface area contributed by atoms with Gasteiger partial charge in [0.25, 0.3) is 5.89 Å². The molecule has 3 heterocycles. The third kappa shape index (κ3) is 2.63. The second kappa shape index (κ2) is 5.82. The van der Waals surface area contributed by atoms with E-state index in [0.29, 0.717) is 17.3 Å². The Morgan fingerprint density at radius 3 is 2.64 bits per heavy atom. The molecule has 8 nitrogen and oxygen atoms in total. The van der Waals surface area contributed by atoms with Gasteiger partial charge in [-0.15, -0.1) is 5.10 Å². The lowest BCUT2D eigenvalue weighted by Gasteiger charge is -2.07. The molecule has 0 saturated heterocycles. The van der Waals surface area contributed by atoms with E-state index in [2.05, 4.69) is 31.5 Å². The summed E-state index contributed by atoms with van der Waals surface area (Å²) in [5.41, 5.74) is 10.4. The number of rotatable bonds is 3. The monoisotopic (exact) mass is 333 g/mol. The average Bonchev–Trinajstić information content (AvgIpc) is 3.23. The van der Waals surface area contributed by atoms with Crippen LogP contribution in [0.5, 0.6) is 0 Å². The third-order valence-electron chi connectivity index (χ3n) is 3.85. The lowest BCUT2D eigenvalue weighted by Crippen LogP contribution is -2.04. The first-order valence-electron chi connectivity index (χ1n) is 7.67. The van der Waals surface area contributed by atoms with Gasteiger partial charge in [0, 0.05) is 18.0 Å². The molecule has 3 aromatic heterocycles. The number of nitrogen functional groups attached to an aromatic ring is 1. The van der Waals surface area contributed by atoms with Gasteiger partial charge in [-0.05, 0) is 37.6 Å². The van der Waals surface area contributed by atoms with Gasteiger partial charge >= 0.3 is 0 Å². The number of anilines is 1. The van der Waals surface area contributed by atoms with Gasteiger partial charge in [-0.1, -0.05) is 28.1 Å². The van der Waals surface area contributed by atoms with Crippen LogP contribution in [0.1, 0.15) is 11.1 Å². The van der Waals surface area contributed by atoms with Gasteiger partial charge in [0.05, 0.1) is 5.69 Å². The number of nitrogens with zero attached hydrogens (tertiary/aromatic N) is 6. The second-order valence-electron chi connectivity index (χ2n) is 5.68. The molecule has 25 heavy (non-hydrogen) atoms. The highest BCUT2D eigenvalue weighted by molar-refractivity contribution is 5.66. The standard InChI is InChI=1S/C17H15N7O/c1-10-3-4-13(11(2)9-10)24-15(18)14(21-23-24)17-20-16(22-25-17)12-5-7-19-8-6-12/h3-9H,18H2,1-2H3. The van der Waals surface area contributed by atoms with E-state index < -0.39 is 0 Å². The molecular weight excluding hydrogens is 318 g/mol. The Balaban J connectivity index is 1.74. The lowest BCUT2D eigenvalue weighted by molar-refractivity contribution is 0.431. The van der Waals surface area contributed by atoms with E-state index in [0.717, 1.165) is 16.8 Å². The zero-order valence-corrected chi connectivity index (χ0v) is 13.7. The fourth-order valence-electron chi connectivity index (χ4n) is 2.60. The van der Waals surface area contributed by atoms with Crippen LogP contribution < -0.4 is 5.73 Å². The van der Waals surface area contributed by atoms with E-state index in [9.17, 15) is 0 Å². The van der Waals surface area contributed by atoms with Crippen LogP contribution in [0.4, 0.5) is 5.82 Å². The predicted octanol–water partition coefficient (Wildman–Crippen LogP) is 2.58. The Hall–Kier alpha value is -3.55. The molecule has 0 radical (unpaired) electrons. The summed E-state index contributed by atoms with van der Waals surface area (Å²) in [4.78, 5) is 8.32. The smallest absolute Gasteiger partial charge is 0.282 e. The van der Waals surface area contributed by atoms with Gasteiger partial charge in [-0.25, -0.2) is 0 Å². The van der Waals surface area contributed by atoms with E-state index in [1.807, 2.05) is 26.0 Å². The number of aromatic nitrogens is 6.